The lowest BCUT2D eigenvalue weighted by Gasteiger charge is -2.27. The van der Waals surface area contributed by atoms with Gasteiger partial charge in [-0.15, -0.1) is 0 Å². The highest BCUT2D eigenvalue weighted by atomic mass is 32.2. The second kappa shape index (κ2) is 7.08. The summed E-state index contributed by atoms with van der Waals surface area (Å²) in [6.07, 6.45) is 0.867. The van der Waals surface area contributed by atoms with E-state index in [1.807, 2.05) is 0 Å². The summed E-state index contributed by atoms with van der Waals surface area (Å²) in [6.45, 7) is 9.80. The molecule has 0 aliphatic carbocycles. The number of piperazine rings is 1. The van der Waals surface area contributed by atoms with Crippen LogP contribution in [0.2, 0.25) is 0 Å². The maximum Gasteiger partial charge on any atom is 0.244 e. The lowest BCUT2D eigenvalue weighted by atomic mass is 10.3. The minimum atomic E-state index is -3.46. The monoisotopic (exact) mass is 331 g/mol. The average molecular weight is 331 g/mol. The molecular formula is C14H29N5O2S+2. The molecule has 2 heterocycles. The van der Waals surface area contributed by atoms with Crippen LogP contribution in [0.5, 0.6) is 0 Å². The highest BCUT2D eigenvalue weighted by molar-refractivity contribution is 7.89. The molecule has 3 N–H and O–H groups in total. The fourth-order valence-corrected chi connectivity index (χ4v) is 4.55. The number of nitrogens with zero attached hydrogens (tertiary/aromatic N) is 2. The molecule has 0 bridgehead atoms. The van der Waals surface area contributed by atoms with Gasteiger partial charge in [-0.25, -0.2) is 13.1 Å². The Bertz CT molecular complexity index is 603. The van der Waals surface area contributed by atoms with E-state index in [-0.39, 0.29) is 0 Å². The molecule has 126 valence electrons. The minimum absolute atomic E-state index is 0.325. The van der Waals surface area contributed by atoms with Crippen molar-refractivity contribution < 1.29 is 18.2 Å². The van der Waals surface area contributed by atoms with Gasteiger partial charge in [0.05, 0.1) is 25.0 Å². The zero-order valence-electron chi connectivity index (χ0n) is 14.1. The molecule has 0 spiro atoms. The van der Waals surface area contributed by atoms with Crippen molar-refractivity contribution in [3.05, 3.63) is 11.4 Å². The molecule has 0 amide bonds. The Labute approximate surface area is 133 Å². The third kappa shape index (κ3) is 4.07. The Balaban J connectivity index is 1.83. The van der Waals surface area contributed by atoms with Crippen molar-refractivity contribution in [3.8, 4) is 0 Å². The van der Waals surface area contributed by atoms with Crippen LogP contribution in [0.15, 0.2) is 4.90 Å². The van der Waals surface area contributed by atoms with Crippen molar-refractivity contribution in [2.75, 3.05) is 46.3 Å². The predicted molar refractivity (Wildman–Crippen MR) is 84.7 cm³/mol. The lowest BCUT2D eigenvalue weighted by molar-refractivity contribution is -1.00. The normalized spacial score (nSPS) is 22.9. The van der Waals surface area contributed by atoms with Crippen LogP contribution >= 0.6 is 0 Å². The van der Waals surface area contributed by atoms with Crippen molar-refractivity contribution in [3.63, 3.8) is 0 Å². The van der Waals surface area contributed by atoms with E-state index in [0.717, 1.165) is 13.0 Å². The van der Waals surface area contributed by atoms with Crippen LogP contribution in [0.1, 0.15) is 17.8 Å². The van der Waals surface area contributed by atoms with E-state index in [1.165, 1.54) is 26.2 Å². The lowest BCUT2D eigenvalue weighted by Crippen LogP contribution is -3.27. The summed E-state index contributed by atoms with van der Waals surface area (Å²) in [5.41, 5.74) is 1.23. The molecule has 0 aromatic carbocycles. The Morgan fingerprint density at radius 2 is 1.86 bits per heavy atom. The molecule has 0 radical (unpaired) electrons. The number of nitrogens with one attached hydrogen (secondary N) is 3. The van der Waals surface area contributed by atoms with Gasteiger partial charge >= 0.3 is 0 Å². The van der Waals surface area contributed by atoms with Gasteiger partial charge in [-0.1, -0.05) is 0 Å². The Kier molecular flexibility index (Phi) is 5.60. The van der Waals surface area contributed by atoms with E-state index in [9.17, 15) is 8.42 Å². The predicted octanol–water partition coefficient (Wildman–Crippen LogP) is -2.88. The first-order valence-electron chi connectivity index (χ1n) is 7.96. The summed E-state index contributed by atoms with van der Waals surface area (Å²) in [4.78, 5) is 3.50. The van der Waals surface area contributed by atoms with Crippen molar-refractivity contribution >= 4 is 10.0 Å². The molecule has 8 heteroatoms. The molecule has 2 rings (SSSR count). The van der Waals surface area contributed by atoms with Crippen molar-refractivity contribution in [2.24, 2.45) is 7.05 Å². The first-order chi connectivity index (χ1) is 10.3. The SMILES string of the molecule is Cc1nn(C)c(C)c1S(=O)(=O)NCCC[NH+]1CC[NH+](C)CC1. The molecule has 0 unspecified atom stereocenters. The number of sulfonamides is 1. The molecule has 1 aliphatic heterocycles. The number of likely N-dealkylation sites (N-methyl/N-ethyl adjacent to an activating group) is 1. The van der Waals surface area contributed by atoms with Crippen LogP contribution in [0.25, 0.3) is 0 Å². The van der Waals surface area contributed by atoms with Crippen molar-refractivity contribution in [1.82, 2.24) is 14.5 Å². The van der Waals surface area contributed by atoms with Gasteiger partial charge in [-0.2, -0.15) is 5.10 Å². The minimum Gasteiger partial charge on any atom is -0.328 e. The van der Waals surface area contributed by atoms with E-state index >= 15 is 0 Å². The number of rotatable bonds is 6. The summed E-state index contributed by atoms with van der Waals surface area (Å²) >= 11 is 0. The zero-order valence-corrected chi connectivity index (χ0v) is 14.9. The summed E-state index contributed by atoms with van der Waals surface area (Å²) in [5.74, 6) is 0. The highest BCUT2D eigenvalue weighted by Gasteiger charge is 2.24. The second-order valence-corrected chi connectivity index (χ2v) is 8.04. The van der Waals surface area contributed by atoms with Crippen LogP contribution in [0, 0.1) is 13.8 Å². The molecule has 22 heavy (non-hydrogen) atoms. The molecular weight excluding hydrogens is 302 g/mol. The van der Waals surface area contributed by atoms with E-state index < -0.39 is 10.0 Å². The molecule has 0 saturated carbocycles. The number of aromatic nitrogens is 2. The standard InChI is InChI=1S/C14H27N5O2S/c1-12-14(13(2)18(4)16-12)22(20,21)15-6-5-7-19-10-8-17(3)9-11-19/h15H,5-11H2,1-4H3/p+2. The van der Waals surface area contributed by atoms with Gasteiger partial charge in [0.1, 0.15) is 31.1 Å². The largest absolute Gasteiger partial charge is 0.328 e. The number of quaternary nitrogens is 2. The van der Waals surface area contributed by atoms with Crippen LogP contribution in [0.4, 0.5) is 0 Å². The molecule has 1 aromatic heterocycles. The third-order valence-electron chi connectivity index (χ3n) is 4.52. The maximum absolute atomic E-state index is 12.4. The highest BCUT2D eigenvalue weighted by Crippen LogP contribution is 2.17. The fourth-order valence-electron chi connectivity index (χ4n) is 3.04. The molecule has 7 nitrogen and oxygen atoms in total. The van der Waals surface area contributed by atoms with Gasteiger partial charge in [0.15, 0.2) is 0 Å². The van der Waals surface area contributed by atoms with E-state index in [0.29, 0.717) is 22.8 Å². The van der Waals surface area contributed by atoms with Crippen LogP contribution < -0.4 is 14.5 Å². The first-order valence-corrected chi connectivity index (χ1v) is 9.44. The Morgan fingerprint density at radius 1 is 1.23 bits per heavy atom. The van der Waals surface area contributed by atoms with Crippen molar-refractivity contribution in [1.29, 1.82) is 0 Å². The smallest absolute Gasteiger partial charge is 0.244 e. The van der Waals surface area contributed by atoms with Crippen LogP contribution in [0.3, 0.4) is 0 Å². The molecule has 1 fully saturated rings. The summed E-state index contributed by atoms with van der Waals surface area (Å²) in [5, 5.41) is 4.18. The van der Waals surface area contributed by atoms with E-state index in [4.69, 9.17) is 0 Å². The topological polar surface area (TPSA) is 72.9 Å². The summed E-state index contributed by atoms with van der Waals surface area (Å²) in [6, 6.07) is 0. The van der Waals surface area contributed by atoms with Gasteiger partial charge in [0.25, 0.3) is 0 Å². The zero-order chi connectivity index (χ0) is 16.3. The second-order valence-electron chi connectivity index (χ2n) is 6.33. The van der Waals surface area contributed by atoms with Gasteiger partial charge in [0.2, 0.25) is 10.0 Å². The van der Waals surface area contributed by atoms with Gasteiger partial charge in [0, 0.05) is 20.0 Å². The van der Waals surface area contributed by atoms with Gasteiger partial charge in [-0.3, -0.25) is 4.68 Å². The van der Waals surface area contributed by atoms with E-state index in [1.54, 1.807) is 35.4 Å². The summed E-state index contributed by atoms with van der Waals surface area (Å²) in [7, 11) is 0.530. The van der Waals surface area contributed by atoms with Gasteiger partial charge in [-0.05, 0) is 13.8 Å². The first kappa shape index (κ1) is 17.4. The van der Waals surface area contributed by atoms with E-state index in [2.05, 4.69) is 16.9 Å². The number of aryl methyl sites for hydroxylation is 2. The Morgan fingerprint density at radius 3 is 2.41 bits per heavy atom. The number of hydrogen-bond acceptors (Lipinski definition) is 3. The third-order valence-corrected chi connectivity index (χ3v) is 6.23. The van der Waals surface area contributed by atoms with Crippen molar-refractivity contribution in [2.45, 2.75) is 25.2 Å². The quantitative estimate of drug-likeness (QED) is 0.490. The van der Waals surface area contributed by atoms with Gasteiger partial charge < -0.3 is 9.80 Å². The molecule has 1 aliphatic rings. The molecule has 0 atom stereocenters. The summed E-state index contributed by atoms with van der Waals surface area (Å²) < 4.78 is 29.1. The molecule has 1 saturated heterocycles. The molecule has 1 aromatic rings. The Hall–Kier alpha value is -0.960. The van der Waals surface area contributed by atoms with Crippen LogP contribution in [-0.2, 0) is 17.1 Å². The average Bonchev–Trinajstić information content (AvgIpc) is 2.71. The number of hydrogen-bond donors (Lipinski definition) is 3. The van der Waals surface area contributed by atoms with Crippen LogP contribution in [-0.4, -0.2) is 64.5 Å². The maximum atomic E-state index is 12.4. The fraction of sp³-hybridized carbons (Fsp3) is 0.786.